The summed E-state index contributed by atoms with van der Waals surface area (Å²) in [5.41, 5.74) is -0.545. The molecule has 0 atom stereocenters. The van der Waals surface area contributed by atoms with Crippen molar-refractivity contribution in [2.45, 2.75) is 13.5 Å². The van der Waals surface area contributed by atoms with Crippen LogP contribution in [0.4, 0.5) is 0 Å². The van der Waals surface area contributed by atoms with E-state index in [9.17, 15) is 9.59 Å². The highest BCUT2D eigenvalue weighted by molar-refractivity contribution is 6.74. The van der Waals surface area contributed by atoms with Crippen molar-refractivity contribution in [3.8, 4) is 0 Å². The van der Waals surface area contributed by atoms with E-state index < -0.39 is 15.9 Å². The molecule has 17 heavy (non-hydrogen) atoms. The van der Waals surface area contributed by atoms with Crippen LogP contribution in [0.15, 0.2) is 30.3 Å². The van der Waals surface area contributed by atoms with Crippen molar-refractivity contribution >= 4 is 33.7 Å². The fourth-order valence-electron chi connectivity index (χ4n) is 1.14. The summed E-state index contributed by atoms with van der Waals surface area (Å²) in [6.45, 7) is 1.53. The van der Waals surface area contributed by atoms with Crippen LogP contribution in [-0.2, 0) is 20.9 Å². The molecule has 0 aliphatic heterocycles. The van der Waals surface area contributed by atoms with Crippen LogP contribution >= 0.6 is 23.2 Å². The minimum Gasteiger partial charge on any atom is -0.375 e. The van der Waals surface area contributed by atoms with Crippen LogP contribution in [0.25, 0.3) is 0 Å². The maximum absolute atomic E-state index is 11.1. The highest BCUT2D eigenvalue weighted by atomic mass is 35.5. The molecular formula is C12H12Cl2O3. The summed E-state index contributed by atoms with van der Waals surface area (Å²) in [6, 6.07) is 9.39. The minimum absolute atomic E-state index is 0.132. The Hall–Kier alpha value is -0.900. The summed E-state index contributed by atoms with van der Waals surface area (Å²) in [5, 5.41) is -1.63. The van der Waals surface area contributed by atoms with Gasteiger partial charge in [-0.1, -0.05) is 30.3 Å². The van der Waals surface area contributed by atoms with Gasteiger partial charge < -0.3 is 4.74 Å². The Bertz CT molecular complexity index is 389. The van der Waals surface area contributed by atoms with Gasteiger partial charge in [0, 0.05) is 0 Å². The molecule has 0 spiro atoms. The zero-order valence-corrected chi connectivity index (χ0v) is 10.8. The Kier molecular flexibility index (Phi) is 5.12. The lowest BCUT2D eigenvalue weighted by atomic mass is 9.96. The topological polar surface area (TPSA) is 43.4 Å². The molecule has 0 aliphatic carbocycles. The second kappa shape index (κ2) is 6.15. The zero-order valence-electron chi connectivity index (χ0n) is 9.28. The average molecular weight is 275 g/mol. The van der Waals surface area contributed by atoms with Crippen molar-refractivity contribution in [3.05, 3.63) is 35.9 Å². The van der Waals surface area contributed by atoms with E-state index in [1.54, 1.807) is 0 Å². The van der Waals surface area contributed by atoms with Gasteiger partial charge in [0.15, 0.2) is 0 Å². The van der Waals surface area contributed by atoms with E-state index in [0.29, 0.717) is 6.61 Å². The van der Waals surface area contributed by atoms with Crippen LogP contribution in [0.5, 0.6) is 0 Å². The third-order valence-electron chi connectivity index (χ3n) is 2.37. The number of rotatable bonds is 6. The monoisotopic (exact) mass is 274 g/mol. The zero-order chi connectivity index (χ0) is 12.9. The van der Waals surface area contributed by atoms with Gasteiger partial charge in [-0.25, -0.2) is 0 Å². The van der Waals surface area contributed by atoms with Gasteiger partial charge in [0.25, 0.3) is 0 Å². The fraction of sp³-hybridized carbons (Fsp3) is 0.333. The van der Waals surface area contributed by atoms with E-state index in [4.69, 9.17) is 27.9 Å². The van der Waals surface area contributed by atoms with Crippen molar-refractivity contribution in [1.82, 2.24) is 0 Å². The summed E-state index contributed by atoms with van der Waals surface area (Å²) >= 11 is 10.7. The summed E-state index contributed by atoms with van der Waals surface area (Å²) in [4.78, 5) is 22.3. The highest BCUT2D eigenvalue weighted by Crippen LogP contribution is 2.24. The molecular weight excluding hydrogens is 263 g/mol. The molecule has 1 aromatic rings. The Balaban J connectivity index is 2.55. The van der Waals surface area contributed by atoms with Crippen molar-refractivity contribution in [1.29, 1.82) is 0 Å². The predicted octanol–water partition coefficient (Wildman–Crippen LogP) is 2.74. The molecule has 0 bridgehead atoms. The largest absolute Gasteiger partial charge is 0.375 e. The smallest absolute Gasteiger partial charge is 0.238 e. The molecule has 0 amide bonds. The molecule has 1 aromatic carbocycles. The first-order valence-corrected chi connectivity index (χ1v) is 5.74. The lowest BCUT2D eigenvalue weighted by molar-refractivity contribution is -0.134. The number of ether oxygens (including phenoxy) is 1. The Morgan fingerprint density at radius 1 is 1.18 bits per heavy atom. The molecule has 0 fully saturated rings. The van der Waals surface area contributed by atoms with E-state index in [1.807, 2.05) is 30.3 Å². The standard InChI is InChI=1S/C12H12Cl2O3/c1-12(10(13)15,11(14)16)8-17-7-9-5-3-2-4-6-9/h2-6H,7-8H2,1H3. The summed E-state index contributed by atoms with van der Waals surface area (Å²) < 4.78 is 5.30. The molecule has 5 heteroatoms. The van der Waals surface area contributed by atoms with Gasteiger partial charge in [-0.05, 0) is 35.7 Å². The molecule has 0 aliphatic rings. The van der Waals surface area contributed by atoms with E-state index in [0.717, 1.165) is 5.56 Å². The second-order valence-corrected chi connectivity index (χ2v) is 4.54. The van der Waals surface area contributed by atoms with Gasteiger partial charge in [0.1, 0.15) is 5.41 Å². The maximum atomic E-state index is 11.1. The van der Waals surface area contributed by atoms with Crippen LogP contribution in [0.1, 0.15) is 12.5 Å². The first-order chi connectivity index (χ1) is 7.97. The number of carbonyl (C=O) groups excluding carboxylic acids is 2. The Morgan fingerprint density at radius 2 is 1.71 bits per heavy atom. The highest BCUT2D eigenvalue weighted by Gasteiger charge is 2.39. The molecule has 0 unspecified atom stereocenters. The molecule has 1 rings (SSSR count). The number of hydrogen-bond acceptors (Lipinski definition) is 3. The molecule has 0 N–H and O–H groups in total. The Morgan fingerprint density at radius 3 is 2.18 bits per heavy atom. The summed E-state index contributed by atoms with van der Waals surface area (Å²) in [5.74, 6) is 0. The third kappa shape index (κ3) is 3.80. The van der Waals surface area contributed by atoms with Crippen LogP contribution in [0.2, 0.25) is 0 Å². The van der Waals surface area contributed by atoms with E-state index in [1.165, 1.54) is 6.92 Å². The maximum Gasteiger partial charge on any atom is 0.238 e. The first kappa shape index (κ1) is 14.2. The first-order valence-electron chi connectivity index (χ1n) is 4.98. The minimum atomic E-state index is -1.49. The van der Waals surface area contributed by atoms with Gasteiger partial charge in [0.05, 0.1) is 13.2 Å². The van der Waals surface area contributed by atoms with Crippen molar-refractivity contribution in [2.75, 3.05) is 6.61 Å². The molecule has 0 saturated carbocycles. The number of benzene rings is 1. The SMILES string of the molecule is CC(COCc1ccccc1)(C(=O)Cl)C(=O)Cl. The molecule has 0 saturated heterocycles. The lowest BCUT2D eigenvalue weighted by Gasteiger charge is -2.20. The molecule has 0 heterocycles. The predicted molar refractivity (Wildman–Crippen MR) is 65.9 cm³/mol. The van der Waals surface area contributed by atoms with Crippen molar-refractivity contribution in [3.63, 3.8) is 0 Å². The third-order valence-corrected chi connectivity index (χ3v) is 3.20. The second-order valence-electron chi connectivity index (χ2n) is 3.86. The molecule has 0 radical (unpaired) electrons. The van der Waals surface area contributed by atoms with Gasteiger partial charge in [-0.3, -0.25) is 9.59 Å². The quantitative estimate of drug-likeness (QED) is 0.592. The number of carbonyl (C=O) groups is 2. The lowest BCUT2D eigenvalue weighted by Crippen LogP contribution is -2.35. The summed E-state index contributed by atoms with van der Waals surface area (Å²) in [7, 11) is 0. The van der Waals surface area contributed by atoms with Crippen LogP contribution in [0, 0.1) is 5.41 Å². The van der Waals surface area contributed by atoms with Crippen LogP contribution < -0.4 is 0 Å². The number of hydrogen-bond donors (Lipinski definition) is 0. The fourth-order valence-corrected chi connectivity index (χ4v) is 1.47. The van der Waals surface area contributed by atoms with Gasteiger partial charge in [-0.15, -0.1) is 0 Å². The van der Waals surface area contributed by atoms with Crippen LogP contribution in [0.3, 0.4) is 0 Å². The van der Waals surface area contributed by atoms with Gasteiger partial charge >= 0.3 is 0 Å². The normalized spacial score (nSPS) is 11.2. The number of halogens is 2. The van der Waals surface area contributed by atoms with Gasteiger partial charge in [0.2, 0.25) is 10.5 Å². The molecule has 0 aromatic heterocycles. The average Bonchev–Trinajstić information content (AvgIpc) is 2.29. The summed E-state index contributed by atoms with van der Waals surface area (Å²) in [6.07, 6.45) is 0. The molecule has 3 nitrogen and oxygen atoms in total. The molecule has 92 valence electrons. The van der Waals surface area contributed by atoms with E-state index in [2.05, 4.69) is 0 Å². The van der Waals surface area contributed by atoms with E-state index >= 15 is 0 Å². The van der Waals surface area contributed by atoms with Crippen molar-refractivity contribution in [2.24, 2.45) is 5.41 Å². The Labute approximate surface area is 110 Å². The van der Waals surface area contributed by atoms with Gasteiger partial charge in [-0.2, -0.15) is 0 Å². The van der Waals surface area contributed by atoms with Crippen molar-refractivity contribution < 1.29 is 14.3 Å². The van der Waals surface area contributed by atoms with E-state index in [-0.39, 0.29) is 6.61 Å². The van der Waals surface area contributed by atoms with Crippen LogP contribution in [-0.4, -0.2) is 17.1 Å².